The normalized spacial score (nSPS) is 9.87. The number of carbonyl (C=O) groups is 1. The number of amides is 1. The lowest BCUT2D eigenvalue weighted by molar-refractivity contribution is 0.0802. The fourth-order valence-electron chi connectivity index (χ4n) is 1.23. The number of nitrogens with one attached hydrogen (secondary N) is 1. The number of carbonyl (C=O) groups excluding carboxylic acids is 1. The molecule has 1 amide bonds. The number of nitrogens with zero attached hydrogens (tertiary/aromatic N) is 2. The molecule has 0 bridgehead atoms. The van der Waals surface area contributed by atoms with Crippen LogP contribution in [-0.2, 0) is 0 Å². The molecule has 0 aliphatic rings. The average molecular weight is 208 g/mol. The van der Waals surface area contributed by atoms with Crippen LogP contribution in [0.25, 0.3) is 0 Å². The second-order valence-electron chi connectivity index (χ2n) is 3.35. The van der Waals surface area contributed by atoms with Gasteiger partial charge in [0.1, 0.15) is 5.82 Å². The Morgan fingerprint density at radius 2 is 2.27 bits per heavy atom. The first-order chi connectivity index (χ1) is 7.08. The van der Waals surface area contributed by atoms with Crippen LogP contribution in [-0.4, -0.2) is 29.4 Å². The first kappa shape index (κ1) is 11.5. The molecule has 1 aromatic rings. The number of anilines is 1. The quantitative estimate of drug-likeness (QED) is 0.568. The highest BCUT2D eigenvalue weighted by atomic mass is 16.2. The predicted molar refractivity (Wildman–Crippen MR) is 59.4 cm³/mol. The Bertz CT molecular complexity index is 364. The minimum atomic E-state index is -0.0282. The summed E-state index contributed by atoms with van der Waals surface area (Å²) < 4.78 is 0. The minimum absolute atomic E-state index is 0.0282. The zero-order valence-electron chi connectivity index (χ0n) is 9.24. The van der Waals surface area contributed by atoms with Crippen molar-refractivity contribution >= 4 is 11.7 Å². The van der Waals surface area contributed by atoms with Gasteiger partial charge < -0.3 is 10.3 Å². The lowest BCUT2D eigenvalue weighted by atomic mass is 10.2. The molecule has 0 saturated heterocycles. The van der Waals surface area contributed by atoms with Crippen molar-refractivity contribution in [3.8, 4) is 0 Å². The van der Waals surface area contributed by atoms with Crippen LogP contribution in [0.15, 0.2) is 12.1 Å². The van der Waals surface area contributed by atoms with Gasteiger partial charge in [-0.2, -0.15) is 0 Å². The molecule has 5 nitrogen and oxygen atoms in total. The summed E-state index contributed by atoms with van der Waals surface area (Å²) in [5.74, 6) is 5.73. The van der Waals surface area contributed by atoms with Gasteiger partial charge in [0, 0.05) is 24.8 Å². The highest BCUT2D eigenvalue weighted by molar-refractivity contribution is 5.94. The summed E-state index contributed by atoms with van der Waals surface area (Å²) in [6, 6.07) is 3.39. The van der Waals surface area contributed by atoms with Gasteiger partial charge in [0.2, 0.25) is 0 Å². The molecule has 1 heterocycles. The van der Waals surface area contributed by atoms with Gasteiger partial charge in [0.25, 0.3) is 5.91 Å². The minimum Gasteiger partial charge on any atom is -0.342 e. The molecule has 0 radical (unpaired) electrons. The van der Waals surface area contributed by atoms with Crippen LogP contribution in [0.1, 0.15) is 23.0 Å². The SMILES string of the molecule is CCN(C)C(=O)c1cc(C)nc(NN)c1. The molecule has 0 spiro atoms. The van der Waals surface area contributed by atoms with Crippen LogP contribution in [0.5, 0.6) is 0 Å². The van der Waals surface area contributed by atoms with Crippen LogP contribution in [0, 0.1) is 6.92 Å². The van der Waals surface area contributed by atoms with Crippen molar-refractivity contribution in [1.29, 1.82) is 0 Å². The van der Waals surface area contributed by atoms with Crippen molar-refractivity contribution in [1.82, 2.24) is 9.88 Å². The summed E-state index contributed by atoms with van der Waals surface area (Å²) in [6.45, 7) is 4.42. The summed E-state index contributed by atoms with van der Waals surface area (Å²) in [4.78, 5) is 17.6. The first-order valence-corrected chi connectivity index (χ1v) is 4.79. The van der Waals surface area contributed by atoms with Gasteiger partial charge in [0.15, 0.2) is 0 Å². The van der Waals surface area contributed by atoms with Gasteiger partial charge in [-0.25, -0.2) is 10.8 Å². The van der Waals surface area contributed by atoms with Crippen molar-refractivity contribution < 1.29 is 4.79 Å². The fourth-order valence-corrected chi connectivity index (χ4v) is 1.23. The molecule has 0 fully saturated rings. The van der Waals surface area contributed by atoms with Gasteiger partial charge in [-0.15, -0.1) is 0 Å². The van der Waals surface area contributed by atoms with Gasteiger partial charge >= 0.3 is 0 Å². The third kappa shape index (κ3) is 2.66. The second kappa shape index (κ2) is 4.75. The first-order valence-electron chi connectivity index (χ1n) is 4.79. The molecule has 1 rings (SSSR count). The van der Waals surface area contributed by atoms with Crippen LogP contribution in [0.4, 0.5) is 5.82 Å². The maximum absolute atomic E-state index is 11.8. The summed E-state index contributed by atoms with van der Waals surface area (Å²) in [7, 11) is 1.76. The molecule has 0 saturated carbocycles. The smallest absolute Gasteiger partial charge is 0.253 e. The Balaban J connectivity index is 3.03. The Labute approximate surface area is 89.3 Å². The molecular weight excluding hydrogens is 192 g/mol. The predicted octanol–water partition coefficient (Wildman–Crippen LogP) is 0.768. The number of nitrogens with two attached hydrogens (primary N) is 1. The molecule has 0 aliphatic heterocycles. The number of hydrazine groups is 1. The van der Waals surface area contributed by atoms with E-state index in [-0.39, 0.29) is 5.91 Å². The number of rotatable bonds is 3. The second-order valence-corrected chi connectivity index (χ2v) is 3.35. The van der Waals surface area contributed by atoms with Crippen molar-refractivity contribution in [2.24, 2.45) is 5.84 Å². The molecule has 0 atom stereocenters. The number of hydrogen-bond donors (Lipinski definition) is 2. The van der Waals surface area contributed by atoms with E-state index < -0.39 is 0 Å². The summed E-state index contributed by atoms with van der Waals surface area (Å²) in [5, 5.41) is 0. The van der Waals surface area contributed by atoms with Crippen LogP contribution in [0.2, 0.25) is 0 Å². The molecule has 0 aromatic carbocycles. The zero-order valence-corrected chi connectivity index (χ0v) is 9.24. The molecule has 15 heavy (non-hydrogen) atoms. The number of aromatic nitrogens is 1. The maximum Gasteiger partial charge on any atom is 0.253 e. The van der Waals surface area contributed by atoms with Crippen molar-refractivity contribution in [3.63, 3.8) is 0 Å². The van der Waals surface area contributed by atoms with Crippen LogP contribution < -0.4 is 11.3 Å². The standard InChI is InChI=1S/C10H16N4O/c1-4-14(3)10(15)8-5-7(2)12-9(6-8)13-11/h5-6H,4,11H2,1-3H3,(H,12,13). The van der Waals surface area contributed by atoms with Crippen molar-refractivity contribution in [2.75, 3.05) is 19.0 Å². The van der Waals surface area contributed by atoms with E-state index in [1.165, 1.54) is 0 Å². The summed E-state index contributed by atoms with van der Waals surface area (Å²) >= 11 is 0. The number of nitrogen functional groups attached to an aromatic ring is 1. The number of pyridine rings is 1. The summed E-state index contributed by atoms with van der Waals surface area (Å²) in [6.07, 6.45) is 0. The Kier molecular flexibility index (Phi) is 3.62. The van der Waals surface area contributed by atoms with E-state index >= 15 is 0 Å². The molecule has 3 N–H and O–H groups in total. The van der Waals surface area contributed by atoms with Gasteiger partial charge in [-0.05, 0) is 26.0 Å². The third-order valence-corrected chi connectivity index (χ3v) is 2.17. The summed E-state index contributed by atoms with van der Waals surface area (Å²) in [5.41, 5.74) is 3.80. The van der Waals surface area contributed by atoms with Crippen LogP contribution >= 0.6 is 0 Å². The lowest BCUT2D eigenvalue weighted by Crippen LogP contribution is -2.26. The molecular formula is C10H16N4O. The number of hydrogen-bond acceptors (Lipinski definition) is 4. The third-order valence-electron chi connectivity index (χ3n) is 2.17. The van der Waals surface area contributed by atoms with Crippen molar-refractivity contribution in [3.05, 3.63) is 23.4 Å². The Morgan fingerprint density at radius 3 is 2.80 bits per heavy atom. The highest BCUT2D eigenvalue weighted by Gasteiger charge is 2.11. The van der Waals surface area contributed by atoms with Gasteiger partial charge in [0.05, 0.1) is 0 Å². The maximum atomic E-state index is 11.8. The van der Waals surface area contributed by atoms with Crippen LogP contribution in [0.3, 0.4) is 0 Å². The van der Waals surface area contributed by atoms with E-state index in [0.29, 0.717) is 17.9 Å². The zero-order chi connectivity index (χ0) is 11.4. The lowest BCUT2D eigenvalue weighted by Gasteiger charge is -2.15. The molecule has 0 aliphatic carbocycles. The van der Waals surface area contributed by atoms with E-state index in [0.717, 1.165) is 5.69 Å². The van der Waals surface area contributed by atoms with E-state index in [9.17, 15) is 4.79 Å². The highest BCUT2D eigenvalue weighted by Crippen LogP contribution is 2.10. The molecule has 5 heteroatoms. The van der Waals surface area contributed by atoms with Gasteiger partial charge in [-0.3, -0.25) is 4.79 Å². The average Bonchev–Trinajstić information content (AvgIpc) is 2.26. The van der Waals surface area contributed by atoms with E-state index in [4.69, 9.17) is 5.84 Å². The molecule has 0 unspecified atom stereocenters. The molecule has 1 aromatic heterocycles. The van der Waals surface area contributed by atoms with E-state index in [1.807, 2.05) is 13.8 Å². The topological polar surface area (TPSA) is 71.2 Å². The monoisotopic (exact) mass is 208 g/mol. The fraction of sp³-hybridized carbons (Fsp3) is 0.400. The van der Waals surface area contributed by atoms with E-state index in [1.54, 1.807) is 24.1 Å². The van der Waals surface area contributed by atoms with E-state index in [2.05, 4.69) is 10.4 Å². The molecule has 82 valence electrons. The Hall–Kier alpha value is -1.62. The van der Waals surface area contributed by atoms with Crippen molar-refractivity contribution in [2.45, 2.75) is 13.8 Å². The van der Waals surface area contributed by atoms with Gasteiger partial charge in [-0.1, -0.05) is 0 Å². The Morgan fingerprint density at radius 1 is 1.60 bits per heavy atom. The number of aryl methyl sites for hydroxylation is 1. The largest absolute Gasteiger partial charge is 0.342 e.